The molecule has 0 aliphatic carbocycles. The van der Waals surface area contributed by atoms with Crippen LogP contribution < -0.4 is 9.61 Å². The molecule has 0 saturated carbocycles. The van der Waals surface area contributed by atoms with Gasteiger partial charge in [-0.15, -0.1) is 0 Å². The van der Waals surface area contributed by atoms with Crippen molar-refractivity contribution in [2.75, 3.05) is 0 Å². The van der Waals surface area contributed by atoms with Gasteiger partial charge in [0.15, 0.2) is 0 Å². The summed E-state index contributed by atoms with van der Waals surface area (Å²) < 4.78 is 8.40. The van der Waals surface area contributed by atoms with E-state index < -0.39 is 5.97 Å². The van der Waals surface area contributed by atoms with Gasteiger partial charge in [-0.3, -0.25) is 19.1 Å². The summed E-state index contributed by atoms with van der Waals surface area (Å²) in [6, 6.07) is 7.75. The molecule has 0 fully saturated rings. The SMILES string of the molecule is CCc1ccc(C(C)Oc2cc3sc(=O)n(CCC(=O)O)c3cc2C)nc1. The van der Waals surface area contributed by atoms with E-state index in [-0.39, 0.29) is 23.9 Å². The van der Waals surface area contributed by atoms with Crippen LogP contribution >= 0.6 is 11.3 Å². The van der Waals surface area contributed by atoms with Crippen molar-refractivity contribution in [3.63, 3.8) is 0 Å². The quantitative estimate of drug-likeness (QED) is 0.665. The van der Waals surface area contributed by atoms with Crippen molar-refractivity contribution in [2.24, 2.45) is 0 Å². The predicted molar refractivity (Wildman–Crippen MR) is 106 cm³/mol. The molecule has 6 nitrogen and oxygen atoms in total. The van der Waals surface area contributed by atoms with Crippen molar-refractivity contribution in [3.05, 3.63) is 57.0 Å². The van der Waals surface area contributed by atoms with Gasteiger partial charge in [-0.05, 0) is 49.6 Å². The van der Waals surface area contributed by atoms with Crippen LogP contribution in [-0.4, -0.2) is 20.6 Å². The second-order valence-corrected chi connectivity index (χ2v) is 7.45. The number of aryl methyl sites for hydroxylation is 3. The molecule has 0 amide bonds. The van der Waals surface area contributed by atoms with Gasteiger partial charge in [-0.25, -0.2) is 0 Å². The molecule has 27 heavy (non-hydrogen) atoms. The maximum Gasteiger partial charge on any atom is 0.308 e. The van der Waals surface area contributed by atoms with Crippen molar-refractivity contribution >= 4 is 27.5 Å². The lowest BCUT2D eigenvalue weighted by Crippen LogP contribution is -2.15. The summed E-state index contributed by atoms with van der Waals surface area (Å²) in [7, 11) is 0. The Hall–Kier alpha value is -2.67. The van der Waals surface area contributed by atoms with Gasteiger partial charge in [0.05, 0.1) is 22.3 Å². The Morgan fingerprint density at radius 1 is 1.37 bits per heavy atom. The molecular formula is C20H22N2O4S. The number of thiazole rings is 1. The highest BCUT2D eigenvalue weighted by Crippen LogP contribution is 2.30. The number of hydrogen-bond donors (Lipinski definition) is 1. The van der Waals surface area contributed by atoms with Gasteiger partial charge in [0.2, 0.25) is 0 Å². The van der Waals surface area contributed by atoms with Crippen LogP contribution in [0.2, 0.25) is 0 Å². The van der Waals surface area contributed by atoms with Crippen LogP contribution in [-0.2, 0) is 17.8 Å². The van der Waals surface area contributed by atoms with E-state index in [0.29, 0.717) is 5.75 Å². The number of aromatic nitrogens is 2. The van der Waals surface area contributed by atoms with Gasteiger partial charge < -0.3 is 9.84 Å². The topological polar surface area (TPSA) is 81.4 Å². The lowest BCUT2D eigenvalue weighted by molar-refractivity contribution is -0.137. The maximum atomic E-state index is 12.2. The van der Waals surface area contributed by atoms with Crippen LogP contribution in [0, 0.1) is 6.92 Å². The summed E-state index contributed by atoms with van der Waals surface area (Å²) in [6.07, 6.45) is 2.49. The summed E-state index contributed by atoms with van der Waals surface area (Å²) in [6.45, 7) is 6.11. The number of benzene rings is 1. The van der Waals surface area contributed by atoms with Gasteiger partial charge in [-0.1, -0.05) is 24.3 Å². The molecule has 0 spiro atoms. The van der Waals surface area contributed by atoms with E-state index in [4.69, 9.17) is 9.84 Å². The molecule has 142 valence electrons. The van der Waals surface area contributed by atoms with Gasteiger partial charge in [-0.2, -0.15) is 0 Å². The minimum atomic E-state index is -0.923. The Morgan fingerprint density at radius 3 is 2.78 bits per heavy atom. The molecule has 3 aromatic rings. The van der Waals surface area contributed by atoms with Crippen LogP contribution in [0.4, 0.5) is 0 Å². The minimum absolute atomic E-state index is 0.0838. The number of nitrogens with zero attached hydrogens (tertiary/aromatic N) is 2. The molecule has 7 heteroatoms. The molecule has 0 radical (unpaired) electrons. The zero-order valence-electron chi connectivity index (χ0n) is 15.6. The third-order valence-electron chi connectivity index (χ3n) is 4.49. The van der Waals surface area contributed by atoms with E-state index in [9.17, 15) is 9.59 Å². The van der Waals surface area contributed by atoms with Crippen molar-refractivity contribution in [1.82, 2.24) is 9.55 Å². The lowest BCUT2D eigenvalue weighted by Gasteiger charge is -2.16. The Balaban J connectivity index is 1.87. The molecule has 2 heterocycles. The first kappa shape index (κ1) is 19.1. The van der Waals surface area contributed by atoms with Crippen LogP contribution in [0.1, 0.15) is 43.2 Å². The molecule has 0 aliphatic rings. The Morgan fingerprint density at radius 2 is 2.15 bits per heavy atom. The highest BCUT2D eigenvalue weighted by Gasteiger charge is 2.15. The molecule has 2 aromatic heterocycles. The third-order valence-corrected chi connectivity index (χ3v) is 5.43. The Kier molecular flexibility index (Phi) is 5.60. The van der Waals surface area contributed by atoms with Crippen molar-refractivity contribution < 1.29 is 14.6 Å². The third kappa shape index (κ3) is 4.19. The molecule has 1 unspecified atom stereocenters. The Bertz CT molecular complexity index is 1020. The van der Waals surface area contributed by atoms with Crippen molar-refractivity contribution in [3.8, 4) is 5.75 Å². The number of carbonyl (C=O) groups is 1. The van der Waals surface area contributed by atoms with E-state index in [0.717, 1.165) is 39.2 Å². The first-order chi connectivity index (χ1) is 12.9. The fourth-order valence-electron chi connectivity index (χ4n) is 2.88. The smallest absolute Gasteiger partial charge is 0.308 e. The summed E-state index contributed by atoms with van der Waals surface area (Å²) in [5, 5.41) is 8.88. The van der Waals surface area contributed by atoms with Crippen molar-refractivity contribution in [2.45, 2.75) is 46.3 Å². The summed E-state index contributed by atoms with van der Waals surface area (Å²) in [5.74, 6) is -0.226. The molecule has 1 N–H and O–H groups in total. The van der Waals surface area contributed by atoms with Crippen LogP contribution in [0.3, 0.4) is 0 Å². The second kappa shape index (κ2) is 7.92. The number of carboxylic acids is 1. The second-order valence-electron chi connectivity index (χ2n) is 6.45. The van der Waals surface area contributed by atoms with Gasteiger partial charge in [0.1, 0.15) is 11.9 Å². The van der Waals surface area contributed by atoms with Gasteiger partial charge in [0, 0.05) is 12.7 Å². The number of fused-ring (bicyclic) bond motifs is 1. The molecular weight excluding hydrogens is 364 g/mol. The molecule has 1 aromatic carbocycles. The number of aliphatic carboxylic acids is 1. The van der Waals surface area contributed by atoms with E-state index in [2.05, 4.69) is 11.9 Å². The van der Waals surface area contributed by atoms with Gasteiger partial charge in [0.25, 0.3) is 0 Å². The first-order valence-corrected chi connectivity index (χ1v) is 9.68. The Labute approximate surface area is 161 Å². The summed E-state index contributed by atoms with van der Waals surface area (Å²) in [4.78, 5) is 27.3. The number of ether oxygens (including phenoxy) is 1. The van der Waals surface area contributed by atoms with E-state index in [1.807, 2.05) is 44.3 Å². The fraction of sp³-hybridized carbons (Fsp3) is 0.350. The van der Waals surface area contributed by atoms with E-state index in [1.165, 1.54) is 10.1 Å². The monoisotopic (exact) mass is 386 g/mol. The fourth-order valence-corrected chi connectivity index (χ4v) is 3.80. The highest BCUT2D eigenvalue weighted by molar-refractivity contribution is 7.16. The van der Waals surface area contributed by atoms with E-state index in [1.54, 1.807) is 0 Å². The first-order valence-electron chi connectivity index (χ1n) is 8.86. The maximum absolute atomic E-state index is 12.2. The number of rotatable bonds is 7. The van der Waals surface area contributed by atoms with Crippen LogP contribution in [0.25, 0.3) is 10.2 Å². The zero-order chi connectivity index (χ0) is 19.6. The molecule has 0 aliphatic heterocycles. The number of carboxylic acid groups (broad SMARTS) is 1. The van der Waals surface area contributed by atoms with E-state index >= 15 is 0 Å². The predicted octanol–water partition coefficient (Wildman–Crippen LogP) is 3.94. The minimum Gasteiger partial charge on any atom is -0.484 e. The lowest BCUT2D eigenvalue weighted by atomic mass is 10.1. The average molecular weight is 386 g/mol. The van der Waals surface area contributed by atoms with Gasteiger partial charge >= 0.3 is 10.8 Å². The zero-order valence-corrected chi connectivity index (χ0v) is 16.4. The molecule has 1 atom stereocenters. The summed E-state index contributed by atoms with van der Waals surface area (Å²) in [5.41, 5.74) is 3.66. The number of hydrogen-bond acceptors (Lipinski definition) is 5. The molecule has 3 rings (SSSR count). The molecule has 0 saturated heterocycles. The number of pyridine rings is 1. The van der Waals surface area contributed by atoms with Crippen molar-refractivity contribution in [1.29, 1.82) is 0 Å². The molecule has 0 bridgehead atoms. The normalized spacial score (nSPS) is 12.3. The average Bonchev–Trinajstić information content (AvgIpc) is 2.94. The largest absolute Gasteiger partial charge is 0.484 e. The highest BCUT2D eigenvalue weighted by atomic mass is 32.1. The summed E-state index contributed by atoms with van der Waals surface area (Å²) >= 11 is 1.10. The van der Waals surface area contributed by atoms with Crippen LogP contribution in [0.5, 0.6) is 5.75 Å². The van der Waals surface area contributed by atoms with Crippen LogP contribution in [0.15, 0.2) is 35.3 Å². The standard InChI is InChI=1S/C20H22N2O4S/c1-4-14-5-6-15(21-11-14)13(3)26-17-10-18-16(9-12(17)2)22(20(25)27-18)8-7-19(23)24/h5-6,9-11,13H,4,7-8H2,1-3H3,(H,23,24).